The first-order chi connectivity index (χ1) is 6.61. The SMILES string of the molecule is FC(F)(F)C(F)(F)C(F)(F)C1CCCC1. The van der Waals surface area contributed by atoms with Gasteiger partial charge in [0.1, 0.15) is 0 Å². The van der Waals surface area contributed by atoms with Gasteiger partial charge in [0, 0.05) is 5.92 Å². The number of halogens is 7. The van der Waals surface area contributed by atoms with Gasteiger partial charge in [-0.25, -0.2) is 0 Å². The summed E-state index contributed by atoms with van der Waals surface area (Å²) in [7, 11) is 0. The van der Waals surface area contributed by atoms with Gasteiger partial charge in [-0.2, -0.15) is 30.7 Å². The van der Waals surface area contributed by atoms with Crippen molar-refractivity contribution in [2.45, 2.75) is 43.7 Å². The third-order valence-corrected chi connectivity index (χ3v) is 2.64. The van der Waals surface area contributed by atoms with E-state index >= 15 is 0 Å². The average molecular weight is 238 g/mol. The molecule has 1 aliphatic carbocycles. The minimum absolute atomic E-state index is 0.272. The second kappa shape index (κ2) is 3.52. The van der Waals surface area contributed by atoms with Crippen LogP contribution in [-0.2, 0) is 0 Å². The molecular formula is C8H9F7. The van der Waals surface area contributed by atoms with E-state index in [1.54, 1.807) is 0 Å². The minimum atomic E-state index is -6.20. The van der Waals surface area contributed by atoms with Crippen LogP contribution in [0.25, 0.3) is 0 Å². The van der Waals surface area contributed by atoms with E-state index in [1.807, 2.05) is 0 Å². The highest BCUT2D eigenvalue weighted by atomic mass is 19.4. The zero-order valence-electron chi connectivity index (χ0n) is 7.55. The molecular weight excluding hydrogens is 229 g/mol. The van der Waals surface area contributed by atoms with Crippen LogP contribution >= 0.6 is 0 Å². The highest BCUT2D eigenvalue weighted by molar-refractivity contribution is 4.96. The topological polar surface area (TPSA) is 0 Å². The van der Waals surface area contributed by atoms with E-state index in [2.05, 4.69) is 0 Å². The predicted molar refractivity (Wildman–Crippen MR) is 37.9 cm³/mol. The summed E-state index contributed by atoms with van der Waals surface area (Å²) in [5.41, 5.74) is 0. The third kappa shape index (κ3) is 1.92. The fraction of sp³-hybridized carbons (Fsp3) is 1.00. The molecule has 0 unspecified atom stereocenters. The Bertz CT molecular complexity index is 224. The lowest BCUT2D eigenvalue weighted by atomic mass is 9.94. The summed E-state index contributed by atoms with van der Waals surface area (Å²) >= 11 is 0. The molecule has 0 N–H and O–H groups in total. The number of hydrogen-bond donors (Lipinski definition) is 0. The van der Waals surface area contributed by atoms with Crippen molar-refractivity contribution < 1.29 is 30.7 Å². The van der Waals surface area contributed by atoms with Crippen LogP contribution in [0, 0.1) is 5.92 Å². The van der Waals surface area contributed by atoms with Crippen molar-refractivity contribution in [3.05, 3.63) is 0 Å². The normalized spacial score (nSPS) is 21.0. The van der Waals surface area contributed by atoms with Gasteiger partial charge in [0.15, 0.2) is 0 Å². The Morgan fingerprint density at radius 2 is 1.13 bits per heavy atom. The number of hydrogen-bond acceptors (Lipinski definition) is 0. The van der Waals surface area contributed by atoms with Crippen LogP contribution in [-0.4, -0.2) is 18.0 Å². The van der Waals surface area contributed by atoms with Gasteiger partial charge < -0.3 is 0 Å². The minimum Gasteiger partial charge on any atom is -0.199 e. The molecule has 0 aliphatic heterocycles. The Hall–Kier alpha value is -0.490. The summed E-state index contributed by atoms with van der Waals surface area (Å²) in [6.45, 7) is 0. The highest BCUT2D eigenvalue weighted by Crippen LogP contribution is 2.53. The van der Waals surface area contributed by atoms with E-state index in [-0.39, 0.29) is 25.7 Å². The quantitative estimate of drug-likeness (QED) is 0.637. The molecule has 0 amide bonds. The molecule has 90 valence electrons. The van der Waals surface area contributed by atoms with Crippen LogP contribution in [0.3, 0.4) is 0 Å². The Morgan fingerprint density at radius 3 is 1.47 bits per heavy atom. The van der Waals surface area contributed by atoms with Crippen molar-refractivity contribution >= 4 is 0 Å². The monoisotopic (exact) mass is 238 g/mol. The maximum atomic E-state index is 12.9. The highest BCUT2D eigenvalue weighted by Gasteiger charge is 2.74. The molecule has 1 saturated carbocycles. The van der Waals surface area contributed by atoms with E-state index in [1.165, 1.54) is 0 Å². The van der Waals surface area contributed by atoms with Crippen molar-refractivity contribution in [3.8, 4) is 0 Å². The van der Waals surface area contributed by atoms with Crippen molar-refractivity contribution in [1.82, 2.24) is 0 Å². The molecule has 0 aromatic heterocycles. The Kier molecular flexibility index (Phi) is 2.95. The molecule has 0 aromatic carbocycles. The van der Waals surface area contributed by atoms with Gasteiger partial charge in [0.05, 0.1) is 0 Å². The van der Waals surface area contributed by atoms with E-state index in [0.29, 0.717) is 0 Å². The first-order valence-electron chi connectivity index (χ1n) is 4.43. The number of alkyl halides is 7. The molecule has 0 spiro atoms. The standard InChI is InChI=1S/C8H9F7/c9-6(10,5-3-1-2-4-5)7(11,12)8(13,14)15/h5H,1-4H2. The van der Waals surface area contributed by atoms with Crippen LogP contribution in [0.4, 0.5) is 30.7 Å². The fourth-order valence-electron chi connectivity index (χ4n) is 1.73. The zero-order chi connectivity index (χ0) is 11.9. The lowest BCUT2D eigenvalue weighted by Crippen LogP contribution is -2.55. The molecule has 0 heterocycles. The largest absolute Gasteiger partial charge is 0.459 e. The molecule has 0 radical (unpaired) electrons. The van der Waals surface area contributed by atoms with Crippen molar-refractivity contribution in [1.29, 1.82) is 0 Å². The van der Waals surface area contributed by atoms with Gasteiger partial charge in [0.25, 0.3) is 0 Å². The summed E-state index contributed by atoms with van der Waals surface area (Å²) in [5, 5.41) is 0. The fourth-order valence-corrected chi connectivity index (χ4v) is 1.73. The van der Waals surface area contributed by atoms with Gasteiger partial charge in [-0.1, -0.05) is 12.8 Å². The van der Waals surface area contributed by atoms with Gasteiger partial charge in [0.2, 0.25) is 0 Å². The van der Waals surface area contributed by atoms with E-state index in [0.717, 1.165) is 0 Å². The first-order valence-corrected chi connectivity index (χ1v) is 4.43. The van der Waals surface area contributed by atoms with Crippen LogP contribution < -0.4 is 0 Å². The van der Waals surface area contributed by atoms with E-state index in [9.17, 15) is 30.7 Å². The smallest absolute Gasteiger partial charge is 0.199 e. The molecule has 1 aliphatic rings. The van der Waals surface area contributed by atoms with E-state index in [4.69, 9.17) is 0 Å². The Balaban J connectivity index is 2.92. The predicted octanol–water partition coefficient (Wildman–Crippen LogP) is 4.01. The van der Waals surface area contributed by atoms with Crippen molar-refractivity contribution in [3.63, 3.8) is 0 Å². The summed E-state index contributed by atoms with van der Waals surface area (Å²) in [4.78, 5) is 0. The summed E-state index contributed by atoms with van der Waals surface area (Å²) in [5.74, 6) is -12.8. The van der Waals surface area contributed by atoms with Crippen LogP contribution in [0.15, 0.2) is 0 Å². The first kappa shape index (κ1) is 12.6. The van der Waals surface area contributed by atoms with Gasteiger partial charge >= 0.3 is 18.0 Å². The molecule has 7 heteroatoms. The lowest BCUT2D eigenvalue weighted by molar-refractivity contribution is -0.365. The van der Waals surface area contributed by atoms with Crippen molar-refractivity contribution in [2.75, 3.05) is 0 Å². The van der Waals surface area contributed by atoms with Gasteiger partial charge in [-0.15, -0.1) is 0 Å². The molecule has 15 heavy (non-hydrogen) atoms. The zero-order valence-corrected chi connectivity index (χ0v) is 7.55. The Morgan fingerprint density at radius 1 is 0.733 bits per heavy atom. The van der Waals surface area contributed by atoms with E-state index < -0.39 is 23.9 Å². The molecule has 1 fully saturated rings. The van der Waals surface area contributed by atoms with Gasteiger partial charge in [-0.3, -0.25) is 0 Å². The van der Waals surface area contributed by atoms with Crippen molar-refractivity contribution in [2.24, 2.45) is 5.92 Å². The molecule has 0 nitrogen and oxygen atoms in total. The molecule has 0 aromatic rings. The maximum Gasteiger partial charge on any atom is 0.459 e. The Labute approximate surface area is 81.4 Å². The molecule has 0 bridgehead atoms. The second-order valence-corrected chi connectivity index (χ2v) is 3.68. The number of rotatable bonds is 2. The van der Waals surface area contributed by atoms with Gasteiger partial charge in [-0.05, 0) is 12.8 Å². The summed E-state index contributed by atoms with van der Waals surface area (Å²) < 4.78 is 86.1. The van der Waals surface area contributed by atoms with Crippen LogP contribution in [0.1, 0.15) is 25.7 Å². The maximum absolute atomic E-state index is 12.9. The van der Waals surface area contributed by atoms with Crippen LogP contribution in [0.5, 0.6) is 0 Å². The summed E-state index contributed by atoms with van der Waals surface area (Å²) in [6, 6.07) is 0. The molecule has 0 atom stereocenters. The lowest BCUT2D eigenvalue weighted by Gasteiger charge is -2.32. The average Bonchev–Trinajstić information content (AvgIpc) is 2.53. The molecule has 0 saturated heterocycles. The van der Waals surface area contributed by atoms with Crippen LogP contribution in [0.2, 0.25) is 0 Å². The molecule has 1 rings (SSSR count). The third-order valence-electron chi connectivity index (χ3n) is 2.64. The summed E-state index contributed by atoms with van der Waals surface area (Å²) in [6.07, 6.45) is -6.21. The second-order valence-electron chi connectivity index (χ2n) is 3.68.